The third kappa shape index (κ3) is 4.53. The molecule has 0 saturated carbocycles. The van der Waals surface area contributed by atoms with Gasteiger partial charge in [0.1, 0.15) is 10.9 Å². The molecular formula is C29H32N6O. The number of rotatable bonds is 7. The fraction of sp³-hybridized carbons (Fsp3) is 0.345. The van der Waals surface area contributed by atoms with Crippen molar-refractivity contribution in [2.45, 2.75) is 65.3 Å². The molecule has 36 heavy (non-hydrogen) atoms. The van der Waals surface area contributed by atoms with Gasteiger partial charge in [-0.15, -0.1) is 0 Å². The molecular weight excluding hydrogens is 448 g/mol. The van der Waals surface area contributed by atoms with Crippen LogP contribution in [0.5, 0.6) is 0 Å². The quantitative estimate of drug-likeness (QED) is 0.210. The summed E-state index contributed by atoms with van der Waals surface area (Å²) in [4.78, 5) is 27.9. The lowest BCUT2D eigenvalue weighted by atomic mass is 9.87. The molecule has 0 amide bonds. The molecule has 5 aromatic rings. The van der Waals surface area contributed by atoms with E-state index in [0.29, 0.717) is 28.7 Å². The Labute approximate surface area is 210 Å². The minimum atomic E-state index is -0.102. The van der Waals surface area contributed by atoms with Crippen LogP contribution in [-0.4, -0.2) is 30.4 Å². The van der Waals surface area contributed by atoms with Crippen LogP contribution in [-0.2, 0) is 12.0 Å². The largest absolute Gasteiger partial charge is 0.299 e. The molecule has 0 saturated heterocycles. The molecule has 5 rings (SSSR count). The summed E-state index contributed by atoms with van der Waals surface area (Å²) in [5.74, 6) is 0. The predicted molar refractivity (Wildman–Crippen MR) is 147 cm³/mol. The van der Waals surface area contributed by atoms with Gasteiger partial charge in [0, 0.05) is 6.54 Å². The van der Waals surface area contributed by atoms with E-state index in [1.165, 1.54) is 5.56 Å². The van der Waals surface area contributed by atoms with E-state index in [1.807, 2.05) is 24.3 Å². The van der Waals surface area contributed by atoms with Crippen molar-refractivity contribution >= 4 is 39.4 Å². The normalized spacial score (nSPS) is 12.4. The molecule has 0 bridgehead atoms. The van der Waals surface area contributed by atoms with Crippen LogP contribution in [0.2, 0.25) is 0 Å². The number of unbranched alkanes of at least 4 members (excludes halogenated alkanes) is 3. The third-order valence-electron chi connectivity index (χ3n) is 6.56. The van der Waals surface area contributed by atoms with E-state index >= 15 is 0 Å². The van der Waals surface area contributed by atoms with E-state index in [0.717, 1.165) is 42.3 Å². The maximum atomic E-state index is 13.6. The molecule has 0 N–H and O–H groups in total. The summed E-state index contributed by atoms with van der Waals surface area (Å²) < 4.78 is 3.33. The highest BCUT2D eigenvalue weighted by Crippen LogP contribution is 2.25. The van der Waals surface area contributed by atoms with Gasteiger partial charge in [0.15, 0.2) is 11.3 Å². The Bertz CT molecular complexity index is 1620. The first-order valence-electron chi connectivity index (χ1n) is 12.7. The average molecular weight is 481 g/mol. The number of fused-ring (bicyclic) bond motifs is 4. The topological polar surface area (TPSA) is 78.0 Å². The van der Waals surface area contributed by atoms with Crippen molar-refractivity contribution in [2.75, 3.05) is 0 Å². The Morgan fingerprint density at radius 1 is 0.917 bits per heavy atom. The summed E-state index contributed by atoms with van der Waals surface area (Å²) in [6.45, 7) is 9.40. The molecule has 0 aliphatic rings. The van der Waals surface area contributed by atoms with Gasteiger partial charge < -0.3 is 0 Å². The van der Waals surface area contributed by atoms with Crippen molar-refractivity contribution < 1.29 is 0 Å². The van der Waals surface area contributed by atoms with E-state index in [1.54, 1.807) is 21.8 Å². The minimum absolute atomic E-state index is 0.0828. The summed E-state index contributed by atoms with van der Waals surface area (Å²) in [7, 11) is 0. The molecule has 0 atom stereocenters. The van der Waals surface area contributed by atoms with Gasteiger partial charge in [-0.3, -0.25) is 9.36 Å². The van der Waals surface area contributed by atoms with Crippen LogP contribution in [0.15, 0.2) is 64.8 Å². The van der Waals surface area contributed by atoms with E-state index in [2.05, 4.69) is 56.9 Å². The first-order valence-corrected chi connectivity index (χ1v) is 12.7. The number of hydrogen-bond acceptors (Lipinski definition) is 5. The van der Waals surface area contributed by atoms with Crippen LogP contribution in [0.1, 0.15) is 64.5 Å². The van der Waals surface area contributed by atoms with Gasteiger partial charge in [-0.05, 0) is 35.1 Å². The van der Waals surface area contributed by atoms with Crippen molar-refractivity contribution in [1.29, 1.82) is 0 Å². The number of para-hydroxylation sites is 2. The summed E-state index contributed by atoms with van der Waals surface area (Å²) in [5, 5.41) is 5.19. The SMILES string of the molecule is CCCCCCn1cnc2c(c1=O)c1nc3ccccc3nc1n2N=Cc1ccc(C(C)(C)C)cc1. The Kier molecular flexibility index (Phi) is 6.39. The van der Waals surface area contributed by atoms with Gasteiger partial charge in [0.05, 0.1) is 23.6 Å². The molecule has 0 unspecified atom stereocenters. The smallest absolute Gasteiger partial charge is 0.265 e. The zero-order valence-corrected chi connectivity index (χ0v) is 21.4. The van der Waals surface area contributed by atoms with E-state index in [-0.39, 0.29) is 11.0 Å². The predicted octanol–water partition coefficient (Wildman–Crippen LogP) is 6.05. The van der Waals surface area contributed by atoms with Crippen molar-refractivity contribution in [3.63, 3.8) is 0 Å². The monoisotopic (exact) mass is 480 g/mol. The molecule has 3 aromatic heterocycles. The lowest BCUT2D eigenvalue weighted by molar-refractivity contribution is 0.567. The lowest BCUT2D eigenvalue weighted by Gasteiger charge is -2.18. The highest BCUT2D eigenvalue weighted by Gasteiger charge is 2.19. The molecule has 2 aromatic carbocycles. The average Bonchev–Trinajstić information content (AvgIpc) is 3.17. The fourth-order valence-corrected chi connectivity index (χ4v) is 4.43. The molecule has 7 heteroatoms. The lowest BCUT2D eigenvalue weighted by Crippen LogP contribution is -2.20. The highest BCUT2D eigenvalue weighted by molar-refractivity contribution is 6.04. The van der Waals surface area contributed by atoms with Gasteiger partial charge in [-0.1, -0.05) is 83.4 Å². The van der Waals surface area contributed by atoms with Gasteiger partial charge in [0.2, 0.25) is 0 Å². The van der Waals surface area contributed by atoms with E-state index in [4.69, 9.17) is 15.1 Å². The molecule has 3 heterocycles. The van der Waals surface area contributed by atoms with Crippen LogP contribution < -0.4 is 5.56 Å². The molecule has 0 fully saturated rings. The standard InChI is InChI=1S/C29H32N6O/c1-5-6-7-10-17-34-19-30-26-24(28(34)36)25-27(33-23-12-9-8-11-22(23)32-25)35(26)31-18-20-13-15-21(16-14-20)29(2,3)4/h8-9,11-16,18-19H,5-7,10,17H2,1-4H3. The second-order valence-corrected chi connectivity index (χ2v) is 10.3. The Balaban J connectivity index is 1.64. The number of nitrogens with zero attached hydrogens (tertiary/aromatic N) is 6. The second kappa shape index (κ2) is 9.64. The van der Waals surface area contributed by atoms with Gasteiger partial charge in [-0.2, -0.15) is 9.78 Å². The maximum Gasteiger partial charge on any atom is 0.265 e. The van der Waals surface area contributed by atoms with Gasteiger partial charge >= 0.3 is 0 Å². The molecule has 0 spiro atoms. The van der Waals surface area contributed by atoms with Crippen LogP contribution in [0, 0.1) is 0 Å². The van der Waals surface area contributed by atoms with Gasteiger partial charge in [0.25, 0.3) is 5.56 Å². The van der Waals surface area contributed by atoms with Crippen molar-refractivity contribution in [3.05, 3.63) is 76.3 Å². The highest BCUT2D eigenvalue weighted by atomic mass is 16.1. The zero-order valence-electron chi connectivity index (χ0n) is 21.4. The molecule has 0 aliphatic carbocycles. The first-order chi connectivity index (χ1) is 17.4. The third-order valence-corrected chi connectivity index (χ3v) is 6.56. The minimum Gasteiger partial charge on any atom is -0.299 e. The van der Waals surface area contributed by atoms with Crippen molar-refractivity contribution in [3.8, 4) is 0 Å². The van der Waals surface area contributed by atoms with Gasteiger partial charge in [-0.25, -0.2) is 15.0 Å². The summed E-state index contributed by atoms with van der Waals surface area (Å²) in [6.07, 6.45) is 7.74. The molecule has 184 valence electrons. The summed E-state index contributed by atoms with van der Waals surface area (Å²) in [5.41, 5.74) is 5.21. The van der Waals surface area contributed by atoms with Crippen LogP contribution in [0.25, 0.3) is 33.2 Å². The van der Waals surface area contributed by atoms with Crippen molar-refractivity contribution in [1.82, 2.24) is 24.2 Å². The maximum absolute atomic E-state index is 13.6. The number of hydrogen-bond donors (Lipinski definition) is 0. The summed E-state index contributed by atoms with van der Waals surface area (Å²) >= 11 is 0. The number of aryl methyl sites for hydroxylation is 1. The Hall–Kier alpha value is -3.87. The molecule has 0 radical (unpaired) electrons. The van der Waals surface area contributed by atoms with Crippen LogP contribution in [0.4, 0.5) is 0 Å². The number of aromatic nitrogens is 5. The molecule has 7 nitrogen and oxygen atoms in total. The fourth-order valence-electron chi connectivity index (χ4n) is 4.43. The van der Waals surface area contributed by atoms with Crippen molar-refractivity contribution in [2.24, 2.45) is 5.10 Å². The Morgan fingerprint density at radius 2 is 1.64 bits per heavy atom. The van der Waals surface area contributed by atoms with E-state index < -0.39 is 0 Å². The van der Waals surface area contributed by atoms with Crippen LogP contribution in [0.3, 0.4) is 0 Å². The van der Waals surface area contributed by atoms with E-state index in [9.17, 15) is 4.79 Å². The second-order valence-electron chi connectivity index (χ2n) is 10.3. The zero-order chi connectivity index (χ0) is 25.3. The Morgan fingerprint density at radius 3 is 2.33 bits per heavy atom. The summed E-state index contributed by atoms with van der Waals surface area (Å²) in [6, 6.07) is 16.0. The molecule has 0 aliphatic heterocycles. The van der Waals surface area contributed by atoms with Crippen LogP contribution >= 0.6 is 0 Å². The first kappa shape index (κ1) is 23.9. The number of benzene rings is 2.